The monoisotopic (exact) mass is 360 g/mol. The first-order chi connectivity index (χ1) is 11.6. The number of carbonyl (C=O) groups excluding carboxylic acids is 1. The molecule has 4 rings (SSSR count). The van der Waals surface area contributed by atoms with E-state index in [2.05, 4.69) is 5.16 Å². The second kappa shape index (κ2) is 5.94. The molecule has 0 aliphatic carbocycles. The van der Waals surface area contributed by atoms with Crippen LogP contribution in [0.3, 0.4) is 0 Å². The molecule has 2 fully saturated rings. The summed E-state index contributed by atoms with van der Waals surface area (Å²) in [6.45, 7) is -0.0769. The van der Waals surface area contributed by atoms with E-state index in [0.29, 0.717) is 0 Å². The van der Waals surface area contributed by atoms with Crippen LogP contribution in [0.2, 0.25) is 0 Å². The molecule has 128 valence electrons. The van der Waals surface area contributed by atoms with E-state index < -0.39 is 40.7 Å². The van der Waals surface area contributed by atoms with Crippen LogP contribution < -0.4 is 4.90 Å². The number of ether oxygens (including phenoxy) is 2. The molecule has 6 nitrogen and oxygen atoms in total. The SMILES string of the molecule is O=C1SC(CF)CN1c1noc2c(F)c(F)c(C3OCCO3)cc12. The third kappa shape index (κ3) is 2.36. The van der Waals surface area contributed by atoms with Gasteiger partial charge in [0.15, 0.2) is 17.9 Å². The summed E-state index contributed by atoms with van der Waals surface area (Å²) >= 11 is 0.830. The van der Waals surface area contributed by atoms with E-state index in [1.165, 1.54) is 11.0 Å². The average Bonchev–Trinajstić information content (AvgIpc) is 3.29. The molecule has 10 heteroatoms. The number of fused-ring (bicyclic) bond motifs is 1. The van der Waals surface area contributed by atoms with Crippen LogP contribution in [0.4, 0.5) is 23.8 Å². The zero-order valence-corrected chi connectivity index (χ0v) is 12.9. The predicted molar refractivity (Wildman–Crippen MR) is 78.7 cm³/mol. The molecular formula is C14H11F3N2O4S. The van der Waals surface area contributed by atoms with E-state index in [4.69, 9.17) is 14.0 Å². The fraction of sp³-hybridized carbons (Fsp3) is 0.429. The maximum atomic E-state index is 14.3. The third-order valence-electron chi connectivity index (χ3n) is 3.83. The minimum absolute atomic E-state index is 0.0246. The Morgan fingerprint density at radius 3 is 2.71 bits per heavy atom. The highest BCUT2D eigenvalue weighted by Gasteiger charge is 2.36. The number of anilines is 1. The Morgan fingerprint density at radius 2 is 2.04 bits per heavy atom. The van der Waals surface area contributed by atoms with E-state index in [9.17, 15) is 18.0 Å². The van der Waals surface area contributed by atoms with Crippen LogP contribution in [0.1, 0.15) is 11.9 Å². The number of rotatable bonds is 3. The van der Waals surface area contributed by atoms with Gasteiger partial charge in [0, 0.05) is 12.1 Å². The molecule has 0 N–H and O–H groups in total. The number of amides is 1. The molecule has 24 heavy (non-hydrogen) atoms. The molecule has 1 atom stereocenters. The average molecular weight is 360 g/mol. The first-order valence-electron chi connectivity index (χ1n) is 7.14. The van der Waals surface area contributed by atoms with E-state index in [1.807, 2.05) is 0 Å². The summed E-state index contributed by atoms with van der Waals surface area (Å²) < 4.78 is 56.5. The van der Waals surface area contributed by atoms with Gasteiger partial charge < -0.3 is 14.0 Å². The van der Waals surface area contributed by atoms with Crippen molar-refractivity contribution in [1.29, 1.82) is 0 Å². The molecule has 2 aliphatic heterocycles. The number of alkyl halides is 1. The van der Waals surface area contributed by atoms with Gasteiger partial charge in [-0.25, -0.2) is 8.78 Å². The van der Waals surface area contributed by atoms with E-state index in [-0.39, 0.29) is 36.5 Å². The fourth-order valence-corrected chi connectivity index (χ4v) is 3.56. The Bertz CT molecular complexity index is 809. The summed E-state index contributed by atoms with van der Waals surface area (Å²) in [6, 6.07) is 1.29. The van der Waals surface area contributed by atoms with Crippen molar-refractivity contribution in [2.45, 2.75) is 11.5 Å². The maximum absolute atomic E-state index is 14.3. The van der Waals surface area contributed by atoms with Crippen molar-refractivity contribution >= 4 is 33.8 Å². The van der Waals surface area contributed by atoms with E-state index in [1.54, 1.807) is 0 Å². The van der Waals surface area contributed by atoms with Gasteiger partial charge in [0.05, 0.1) is 23.8 Å². The van der Waals surface area contributed by atoms with Gasteiger partial charge >= 0.3 is 0 Å². The maximum Gasteiger partial charge on any atom is 0.287 e. The molecule has 0 radical (unpaired) electrons. The molecule has 2 saturated heterocycles. The highest BCUT2D eigenvalue weighted by atomic mass is 32.2. The molecule has 1 amide bonds. The lowest BCUT2D eigenvalue weighted by Gasteiger charge is -2.13. The van der Waals surface area contributed by atoms with Gasteiger partial charge in [-0.1, -0.05) is 16.9 Å². The molecule has 0 spiro atoms. The van der Waals surface area contributed by atoms with Crippen molar-refractivity contribution in [3.63, 3.8) is 0 Å². The van der Waals surface area contributed by atoms with Gasteiger partial charge in [0.25, 0.3) is 5.24 Å². The number of hydrogen-bond donors (Lipinski definition) is 0. The molecule has 0 saturated carbocycles. The minimum Gasteiger partial charge on any atom is -0.351 e. The van der Waals surface area contributed by atoms with Crippen LogP contribution in [0, 0.1) is 11.6 Å². The lowest BCUT2D eigenvalue weighted by atomic mass is 10.1. The van der Waals surface area contributed by atoms with E-state index >= 15 is 0 Å². The van der Waals surface area contributed by atoms with Crippen molar-refractivity contribution in [2.24, 2.45) is 0 Å². The number of benzene rings is 1. The summed E-state index contributed by atoms with van der Waals surface area (Å²) in [6.07, 6.45) is -1.03. The molecule has 1 aromatic carbocycles. The van der Waals surface area contributed by atoms with Crippen LogP contribution in [-0.4, -0.2) is 42.1 Å². The van der Waals surface area contributed by atoms with Crippen LogP contribution in [0.25, 0.3) is 11.0 Å². The molecule has 3 heterocycles. The Labute approximate surface area is 137 Å². The largest absolute Gasteiger partial charge is 0.351 e. The van der Waals surface area contributed by atoms with Gasteiger partial charge in [-0.15, -0.1) is 0 Å². The molecule has 2 aromatic rings. The van der Waals surface area contributed by atoms with Gasteiger partial charge in [0.2, 0.25) is 11.4 Å². The van der Waals surface area contributed by atoms with Gasteiger partial charge in [-0.05, 0) is 6.07 Å². The zero-order valence-electron chi connectivity index (χ0n) is 12.1. The fourth-order valence-electron chi connectivity index (χ4n) is 2.70. The van der Waals surface area contributed by atoms with Crippen molar-refractivity contribution in [1.82, 2.24) is 5.16 Å². The summed E-state index contributed by atoms with van der Waals surface area (Å²) in [5.41, 5.74) is -0.547. The van der Waals surface area contributed by atoms with Crippen LogP contribution in [-0.2, 0) is 9.47 Å². The van der Waals surface area contributed by atoms with Crippen molar-refractivity contribution in [2.75, 3.05) is 31.3 Å². The van der Waals surface area contributed by atoms with Gasteiger partial charge in [-0.3, -0.25) is 9.69 Å². The third-order valence-corrected chi connectivity index (χ3v) is 4.86. The number of halogens is 3. The molecule has 1 aromatic heterocycles. The van der Waals surface area contributed by atoms with Crippen LogP contribution in [0.5, 0.6) is 0 Å². The Balaban J connectivity index is 1.82. The number of thioether (sulfide) groups is 1. The predicted octanol–water partition coefficient (Wildman–Crippen LogP) is 3.16. The molecule has 2 aliphatic rings. The minimum atomic E-state index is -1.23. The Morgan fingerprint density at radius 1 is 1.29 bits per heavy atom. The number of hydrogen-bond acceptors (Lipinski definition) is 6. The van der Waals surface area contributed by atoms with Gasteiger partial charge in [0.1, 0.15) is 6.67 Å². The molecular weight excluding hydrogens is 349 g/mol. The first-order valence-corrected chi connectivity index (χ1v) is 8.02. The quantitative estimate of drug-likeness (QED) is 0.838. The summed E-state index contributed by atoms with van der Waals surface area (Å²) in [4.78, 5) is 13.2. The number of aromatic nitrogens is 1. The van der Waals surface area contributed by atoms with Crippen molar-refractivity contribution in [3.8, 4) is 0 Å². The van der Waals surface area contributed by atoms with Crippen LogP contribution in [0.15, 0.2) is 10.6 Å². The standard InChI is InChI=1S/C14H11F3N2O4S/c15-4-6-5-19(14(20)24-6)12-8-3-7(13-21-1-2-22-13)9(16)10(17)11(8)23-18-12/h3,6,13H,1-2,4-5H2. The second-order valence-corrected chi connectivity index (χ2v) is 6.57. The van der Waals surface area contributed by atoms with Crippen molar-refractivity contribution < 1.29 is 32.0 Å². The Kier molecular flexibility index (Phi) is 3.89. The smallest absolute Gasteiger partial charge is 0.287 e. The number of carbonyl (C=O) groups is 1. The molecule has 1 unspecified atom stereocenters. The van der Waals surface area contributed by atoms with E-state index in [0.717, 1.165) is 11.8 Å². The second-order valence-electron chi connectivity index (χ2n) is 5.32. The summed E-state index contributed by atoms with van der Waals surface area (Å²) in [5, 5.41) is 2.82. The summed E-state index contributed by atoms with van der Waals surface area (Å²) in [5.74, 6) is -2.36. The molecule has 0 bridgehead atoms. The normalized spacial score (nSPS) is 22.2. The lowest BCUT2D eigenvalue weighted by Crippen LogP contribution is -2.25. The summed E-state index contributed by atoms with van der Waals surface area (Å²) in [7, 11) is 0. The van der Waals surface area contributed by atoms with Crippen LogP contribution >= 0.6 is 11.8 Å². The van der Waals surface area contributed by atoms with Gasteiger partial charge in [-0.2, -0.15) is 4.39 Å². The van der Waals surface area contributed by atoms with Crippen molar-refractivity contribution in [3.05, 3.63) is 23.3 Å². The highest BCUT2D eigenvalue weighted by Crippen LogP contribution is 2.38. The Hall–Kier alpha value is -1.78. The first kappa shape index (κ1) is 15.7. The topological polar surface area (TPSA) is 64.8 Å². The highest BCUT2D eigenvalue weighted by molar-refractivity contribution is 8.14. The lowest BCUT2D eigenvalue weighted by molar-refractivity contribution is -0.0467. The number of nitrogens with zero attached hydrogens (tertiary/aromatic N) is 2. The zero-order chi connectivity index (χ0) is 16.8.